The molecular weight excluding hydrogens is 366 g/mol. The van der Waals surface area contributed by atoms with Gasteiger partial charge >= 0.3 is 6.18 Å². The lowest BCUT2D eigenvalue weighted by Crippen LogP contribution is -2.46. The third kappa shape index (κ3) is 7.54. The highest BCUT2D eigenvalue weighted by atomic mass is 19.4. The summed E-state index contributed by atoms with van der Waals surface area (Å²) in [5, 5.41) is 4.63. The molecule has 0 bridgehead atoms. The van der Waals surface area contributed by atoms with E-state index in [1.54, 1.807) is 23.1 Å². The number of alkyl halides is 3. The van der Waals surface area contributed by atoms with E-state index < -0.39 is 18.6 Å². The number of nitrogens with zero attached hydrogens (tertiary/aromatic N) is 1. The molecule has 0 spiro atoms. The van der Waals surface area contributed by atoms with Crippen molar-refractivity contribution in [3.05, 3.63) is 35.6 Å². The molecule has 1 heterocycles. The number of benzene rings is 1. The van der Waals surface area contributed by atoms with E-state index in [9.17, 15) is 27.2 Å². The lowest BCUT2D eigenvalue weighted by molar-refractivity contribution is -0.139. The number of likely N-dealkylation sites (tertiary alicyclic amines) is 1. The van der Waals surface area contributed by atoms with Gasteiger partial charge in [0.15, 0.2) is 0 Å². The highest BCUT2D eigenvalue weighted by molar-refractivity contribution is 5.79. The second-order valence-electron chi connectivity index (χ2n) is 6.57. The average molecular weight is 389 g/mol. The topological polar surface area (TPSA) is 61.4 Å². The largest absolute Gasteiger partial charge is 0.405 e. The van der Waals surface area contributed by atoms with E-state index in [-0.39, 0.29) is 24.2 Å². The molecule has 0 aromatic heterocycles. The first-order chi connectivity index (χ1) is 12.7. The summed E-state index contributed by atoms with van der Waals surface area (Å²) in [5.41, 5.74) is 0.539. The second-order valence-corrected chi connectivity index (χ2v) is 6.57. The number of amides is 2. The Morgan fingerprint density at radius 2 is 1.78 bits per heavy atom. The molecule has 0 saturated carbocycles. The Morgan fingerprint density at radius 3 is 2.41 bits per heavy atom. The SMILES string of the molecule is O=C(CN1CCC(C(=O)NCCc2ccccc2F)CC1)NCC(F)(F)F. The van der Waals surface area contributed by atoms with Crippen molar-refractivity contribution in [1.29, 1.82) is 0 Å². The van der Waals surface area contributed by atoms with E-state index in [1.165, 1.54) is 6.07 Å². The number of hydrogen-bond acceptors (Lipinski definition) is 3. The molecule has 1 aliphatic rings. The third-order valence-electron chi connectivity index (χ3n) is 4.46. The predicted molar refractivity (Wildman–Crippen MR) is 91.3 cm³/mol. The number of hydrogen-bond donors (Lipinski definition) is 2. The summed E-state index contributed by atoms with van der Waals surface area (Å²) in [4.78, 5) is 25.4. The van der Waals surface area contributed by atoms with Crippen molar-refractivity contribution < 1.29 is 27.2 Å². The smallest absolute Gasteiger partial charge is 0.356 e. The molecule has 1 saturated heterocycles. The van der Waals surface area contributed by atoms with Gasteiger partial charge in [0.25, 0.3) is 0 Å². The zero-order valence-electron chi connectivity index (χ0n) is 14.8. The molecule has 0 radical (unpaired) electrons. The molecule has 150 valence electrons. The summed E-state index contributed by atoms with van der Waals surface area (Å²) in [6.45, 7) is -0.195. The van der Waals surface area contributed by atoms with Gasteiger partial charge in [-0.25, -0.2) is 4.39 Å². The van der Waals surface area contributed by atoms with Gasteiger partial charge in [-0.15, -0.1) is 0 Å². The van der Waals surface area contributed by atoms with Crippen LogP contribution in [0.2, 0.25) is 0 Å². The Bertz CT molecular complexity index is 644. The predicted octanol–water partition coefficient (Wildman–Crippen LogP) is 1.87. The van der Waals surface area contributed by atoms with E-state index >= 15 is 0 Å². The second kappa shape index (κ2) is 9.68. The lowest BCUT2D eigenvalue weighted by atomic mass is 9.96. The number of piperidine rings is 1. The Labute approximate surface area is 155 Å². The van der Waals surface area contributed by atoms with Crippen LogP contribution in [-0.2, 0) is 16.0 Å². The van der Waals surface area contributed by atoms with Gasteiger partial charge in [0.2, 0.25) is 11.8 Å². The van der Waals surface area contributed by atoms with Crippen LogP contribution in [0.25, 0.3) is 0 Å². The van der Waals surface area contributed by atoms with E-state index in [4.69, 9.17) is 0 Å². The maximum Gasteiger partial charge on any atom is 0.405 e. The Hall–Kier alpha value is -2.16. The quantitative estimate of drug-likeness (QED) is 0.700. The van der Waals surface area contributed by atoms with Crippen molar-refractivity contribution in [2.75, 3.05) is 32.7 Å². The zero-order chi connectivity index (χ0) is 19.9. The first kappa shape index (κ1) is 21.1. The highest BCUT2D eigenvalue weighted by Crippen LogP contribution is 2.17. The van der Waals surface area contributed by atoms with E-state index in [2.05, 4.69) is 5.32 Å². The molecule has 27 heavy (non-hydrogen) atoms. The van der Waals surface area contributed by atoms with Crippen molar-refractivity contribution in [2.45, 2.75) is 25.4 Å². The van der Waals surface area contributed by atoms with Crippen molar-refractivity contribution >= 4 is 11.8 Å². The lowest BCUT2D eigenvalue weighted by Gasteiger charge is -2.30. The molecule has 1 aromatic carbocycles. The fourth-order valence-electron chi connectivity index (χ4n) is 2.98. The van der Waals surface area contributed by atoms with Crippen LogP contribution >= 0.6 is 0 Å². The summed E-state index contributed by atoms with van der Waals surface area (Å²) >= 11 is 0. The highest BCUT2D eigenvalue weighted by Gasteiger charge is 2.29. The number of halogens is 4. The van der Waals surface area contributed by atoms with Crippen LogP contribution in [0.1, 0.15) is 18.4 Å². The Morgan fingerprint density at radius 1 is 1.11 bits per heavy atom. The number of carbonyl (C=O) groups excluding carboxylic acids is 2. The molecule has 0 aliphatic carbocycles. The molecule has 1 fully saturated rings. The van der Waals surface area contributed by atoms with Crippen LogP contribution in [0.4, 0.5) is 17.6 Å². The van der Waals surface area contributed by atoms with Crippen LogP contribution < -0.4 is 10.6 Å². The third-order valence-corrected chi connectivity index (χ3v) is 4.46. The van der Waals surface area contributed by atoms with Gasteiger partial charge in [-0.3, -0.25) is 14.5 Å². The molecule has 1 aromatic rings. The van der Waals surface area contributed by atoms with Gasteiger partial charge in [0.1, 0.15) is 12.4 Å². The van der Waals surface area contributed by atoms with Crippen LogP contribution in [-0.4, -0.2) is 55.6 Å². The molecule has 2 N–H and O–H groups in total. The van der Waals surface area contributed by atoms with Crippen molar-refractivity contribution in [1.82, 2.24) is 15.5 Å². The molecular formula is C18H23F4N3O2. The number of nitrogens with one attached hydrogen (secondary N) is 2. The van der Waals surface area contributed by atoms with Crippen LogP contribution in [0, 0.1) is 11.7 Å². The first-order valence-corrected chi connectivity index (χ1v) is 8.81. The van der Waals surface area contributed by atoms with E-state index in [0.717, 1.165) is 0 Å². The Balaban J connectivity index is 1.65. The van der Waals surface area contributed by atoms with Crippen molar-refractivity contribution in [3.8, 4) is 0 Å². The van der Waals surface area contributed by atoms with Gasteiger partial charge in [-0.1, -0.05) is 18.2 Å². The molecule has 1 aliphatic heterocycles. The van der Waals surface area contributed by atoms with Gasteiger partial charge in [-0.05, 0) is 44.0 Å². The minimum absolute atomic E-state index is 0.113. The fraction of sp³-hybridized carbons (Fsp3) is 0.556. The normalized spacial score (nSPS) is 16.1. The van der Waals surface area contributed by atoms with Gasteiger partial charge in [-0.2, -0.15) is 13.2 Å². The monoisotopic (exact) mass is 389 g/mol. The molecule has 0 atom stereocenters. The van der Waals surface area contributed by atoms with Gasteiger partial charge < -0.3 is 10.6 Å². The molecule has 2 rings (SSSR count). The van der Waals surface area contributed by atoms with Gasteiger partial charge in [0, 0.05) is 12.5 Å². The standard InChI is InChI=1S/C18H23F4N3O2/c19-15-4-2-1-3-13(15)5-8-23-17(27)14-6-9-25(10-7-14)11-16(26)24-12-18(20,21)22/h1-4,14H,5-12H2,(H,23,27)(H,24,26). The zero-order valence-corrected chi connectivity index (χ0v) is 14.8. The van der Waals surface area contributed by atoms with Gasteiger partial charge in [0.05, 0.1) is 6.54 Å². The summed E-state index contributed by atoms with van der Waals surface area (Å²) in [5.74, 6) is -1.31. The van der Waals surface area contributed by atoms with Crippen LogP contribution in [0.15, 0.2) is 24.3 Å². The van der Waals surface area contributed by atoms with Crippen molar-refractivity contribution in [3.63, 3.8) is 0 Å². The first-order valence-electron chi connectivity index (χ1n) is 8.81. The summed E-state index contributed by atoms with van der Waals surface area (Å²) in [6, 6.07) is 6.39. The average Bonchev–Trinajstić information content (AvgIpc) is 2.61. The summed E-state index contributed by atoms with van der Waals surface area (Å²) in [6.07, 6.45) is -2.98. The van der Waals surface area contributed by atoms with E-state index in [1.807, 2.05) is 5.32 Å². The molecule has 2 amide bonds. The minimum atomic E-state index is -4.43. The van der Waals surface area contributed by atoms with Crippen molar-refractivity contribution in [2.24, 2.45) is 5.92 Å². The maximum atomic E-state index is 13.5. The molecule has 0 unspecified atom stereocenters. The van der Waals surface area contributed by atoms with Crippen LogP contribution in [0.3, 0.4) is 0 Å². The minimum Gasteiger partial charge on any atom is -0.356 e. The Kier molecular flexibility index (Phi) is 7.58. The summed E-state index contributed by atoms with van der Waals surface area (Å²) in [7, 11) is 0. The number of carbonyl (C=O) groups is 2. The molecule has 9 heteroatoms. The fourth-order valence-corrected chi connectivity index (χ4v) is 2.98. The van der Waals surface area contributed by atoms with E-state index in [0.29, 0.717) is 44.5 Å². The summed E-state index contributed by atoms with van der Waals surface area (Å²) < 4.78 is 49.7. The maximum absolute atomic E-state index is 13.5. The number of rotatable bonds is 7. The van der Waals surface area contributed by atoms with Crippen LogP contribution in [0.5, 0.6) is 0 Å². The molecule has 5 nitrogen and oxygen atoms in total.